The maximum atomic E-state index is 13.1. The van der Waals surface area contributed by atoms with Crippen molar-refractivity contribution in [2.45, 2.75) is 13.0 Å². The molecule has 1 atom stereocenters. The molecule has 0 spiro atoms. The van der Waals surface area contributed by atoms with E-state index in [2.05, 4.69) is 10.3 Å². The van der Waals surface area contributed by atoms with Crippen LogP contribution in [0.25, 0.3) is 16.7 Å². The van der Waals surface area contributed by atoms with Gasteiger partial charge in [-0.15, -0.1) is 12.4 Å². The molecular formula is C16H16ClFN4O. The van der Waals surface area contributed by atoms with Gasteiger partial charge in [-0.1, -0.05) is 12.1 Å². The maximum absolute atomic E-state index is 13.1. The number of nitrogens with one attached hydrogen (secondary N) is 1. The van der Waals surface area contributed by atoms with Crippen molar-refractivity contribution in [2.75, 3.05) is 5.32 Å². The summed E-state index contributed by atoms with van der Waals surface area (Å²) in [6.07, 6.45) is 0. The zero-order valence-corrected chi connectivity index (χ0v) is 13.2. The van der Waals surface area contributed by atoms with E-state index in [1.165, 1.54) is 12.1 Å². The van der Waals surface area contributed by atoms with Gasteiger partial charge in [-0.25, -0.2) is 9.37 Å². The Morgan fingerprint density at radius 3 is 2.52 bits per heavy atom. The number of benzene rings is 2. The molecule has 1 aromatic heterocycles. The predicted molar refractivity (Wildman–Crippen MR) is 90.6 cm³/mol. The number of hydrogen-bond donors (Lipinski definition) is 2. The molecule has 1 heterocycles. The van der Waals surface area contributed by atoms with Crippen LogP contribution in [0, 0.1) is 5.82 Å². The lowest BCUT2D eigenvalue weighted by Crippen LogP contribution is -2.33. The van der Waals surface area contributed by atoms with Crippen LogP contribution in [-0.4, -0.2) is 21.5 Å². The SMILES string of the molecule is CC(N)C(=O)Nc1nc2ccccc2n1-c1ccc(F)cc1.Cl. The molecule has 0 saturated carbocycles. The van der Waals surface area contributed by atoms with Crippen molar-refractivity contribution >= 4 is 35.3 Å². The van der Waals surface area contributed by atoms with E-state index < -0.39 is 6.04 Å². The van der Waals surface area contributed by atoms with E-state index >= 15 is 0 Å². The van der Waals surface area contributed by atoms with Crippen LogP contribution in [-0.2, 0) is 4.79 Å². The van der Waals surface area contributed by atoms with Gasteiger partial charge in [-0.2, -0.15) is 0 Å². The lowest BCUT2D eigenvalue weighted by atomic mass is 10.2. The molecule has 0 fully saturated rings. The predicted octanol–water partition coefficient (Wildman–Crippen LogP) is 2.87. The second-order valence-electron chi connectivity index (χ2n) is 5.01. The standard InChI is InChI=1S/C16H15FN4O.ClH/c1-10(18)15(22)20-16-19-13-4-2-3-5-14(13)21(16)12-8-6-11(17)7-9-12;/h2-10H,18H2,1H3,(H,19,20,22);1H. The smallest absolute Gasteiger partial charge is 0.243 e. The zero-order valence-electron chi connectivity index (χ0n) is 12.4. The number of para-hydroxylation sites is 2. The van der Waals surface area contributed by atoms with Gasteiger partial charge in [0.15, 0.2) is 0 Å². The maximum Gasteiger partial charge on any atom is 0.243 e. The molecular weight excluding hydrogens is 319 g/mol. The van der Waals surface area contributed by atoms with Gasteiger partial charge in [0.1, 0.15) is 5.82 Å². The highest BCUT2D eigenvalue weighted by Crippen LogP contribution is 2.24. The van der Waals surface area contributed by atoms with Crippen LogP contribution in [0.15, 0.2) is 48.5 Å². The van der Waals surface area contributed by atoms with Crippen LogP contribution in [0.1, 0.15) is 6.92 Å². The van der Waals surface area contributed by atoms with Gasteiger partial charge in [0.25, 0.3) is 0 Å². The first kappa shape index (κ1) is 16.9. The first-order chi connectivity index (χ1) is 10.6. The van der Waals surface area contributed by atoms with Crippen LogP contribution in [0.5, 0.6) is 0 Å². The number of fused-ring (bicyclic) bond motifs is 1. The van der Waals surface area contributed by atoms with Gasteiger partial charge in [-0.05, 0) is 43.3 Å². The number of carbonyl (C=O) groups excluding carboxylic acids is 1. The number of halogens is 2. The van der Waals surface area contributed by atoms with Crippen molar-refractivity contribution in [3.05, 3.63) is 54.3 Å². The summed E-state index contributed by atoms with van der Waals surface area (Å²) >= 11 is 0. The Hall–Kier alpha value is -2.44. The lowest BCUT2D eigenvalue weighted by Gasteiger charge is -2.11. The summed E-state index contributed by atoms with van der Waals surface area (Å²) in [4.78, 5) is 16.3. The third-order valence-corrected chi connectivity index (χ3v) is 3.29. The molecule has 3 rings (SSSR count). The molecule has 7 heteroatoms. The molecule has 0 bridgehead atoms. The Kier molecular flexibility index (Phi) is 4.98. The van der Waals surface area contributed by atoms with E-state index in [4.69, 9.17) is 5.73 Å². The fraction of sp³-hybridized carbons (Fsp3) is 0.125. The van der Waals surface area contributed by atoms with Gasteiger partial charge in [0.2, 0.25) is 11.9 Å². The minimum Gasteiger partial charge on any atom is -0.320 e. The zero-order chi connectivity index (χ0) is 15.7. The minimum atomic E-state index is -0.651. The van der Waals surface area contributed by atoms with Crippen LogP contribution in [0.2, 0.25) is 0 Å². The number of aromatic nitrogens is 2. The lowest BCUT2D eigenvalue weighted by molar-refractivity contribution is -0.117. The molecule has 5 nitrogen and oxygen atoms in total. The number of nitrogens with two attached hydrogens (primary N) is 1. The molecule has 3 aromatic rings. The first-order valence-electron chi connectivity index (χ1n) is 6.86. The first-order valence-corrected chi connectivity index (χ1v) is 6.86. The summed E-state index contributed by atoms with van der Waals surface area (Å²) < 4.78 is 14.9. The summed E-state index contributed by atoms with van der Waals surface area (Å²) in [7, 11) is 0. The highest BCUT2D eigenvalue weighted by atomic mass is 35.5. The van der Waals surface area contributed by atoms with E-state index in [9.17, 15) is 9.18 Å². The normalized spacial score (nSPS) is 11.8. The number of carbonyl (C=O) groups is 1. The summed E-state index contributed by atoms with van der Waals surface area (Å²) in [5, 5.41) is 2.71. The fourth-order valence-corrected chi connectivity index (χ4v) is 2.19. The van der Waals surface area contributed by atoms with Gasteiger partial charge in [0, 0.05) is 5.69 Å². The van der Waals surface area contributed by atoms with Gasteiger partial charge >= 0.3 is 0 Å². The molecule has 1 unspecified atom stereocenters. The average molecular weight is 335 g/mol. The van der Waals surface area contributed by atoms with E-state index in [1.54, 1.807) is 23.6 Å². The van der Waals surface area contributed by atoms with Gasteiger partial charge in [0.05, 0.1) is 17.1 Å². The Bertz CT molecular complexity index is 830. The minimum absolute atomic E-state index is 0. The van der Waals surface area contributed by atoms with E-state index in [0.29, 0.717) is 11.6 Å². The van der Waals surface area contributed by atoms with E-state index in [-0.39, 0.29) is 24.1 Å². The largest absolute Gasteiger partial charge is 0.320 e. The van der Waals surface area contributed by atoms with Crippen molar-refractivity contribution in [1.82, 2.24) is 9.55 Å². The molecule has 0 aliphatic rings. The Balaban J connectivity index is 0.00000192. The molecule has 3 N–H and O–H groups in total. The molecule has 0 radical (unpaired) electrons. The Morgan fingerprint density at radius 2 is 1.87 bits per heavy atom. The summed E-state index contributed by atoms with van der Waals surface area (Å²) in [5.41, 5.74) is 7.83. The van der Waals surface area contributed by atoms with Crippen LogP contribution >= 0.6 is 12.4 Å². The number of anilines is 1. The van der Waals surface area contributed by atoms with Crippen LogP contribution < -0.4 is 11.1 Å². The number of hydrogen-bond acceptors (Lipinski definition) is 3. The topological polar surface area (TPSA) is 72.9 Å². The van der Waals surface area contributed by atoms with Crippen molar-refractivity contribution in [3.8, 4) is 5.69 Å². The monoisotopic (exact) mass is 334 g/mol. The highest BCUT2D eigenvalue weighted by molar-refractivity contribution is 5.95. The highest BCUT2D eigenvalue weighted by Gasteiger charge is 2.16. The molecule has 0 aliphatic heterocycles. The van der Waals surface area contributed by atoms with Crippen molar-refractivity contribution < 1.29 is 9.18 Å². The Labute approximate surface area is 138 Å². The summed E-state index contributed by atoms with van der Waals surface area (Å²) in [5.74, 6) is -0.303. The second-order valence-corrected chi connectivity index (χ2v) is 5.01. The van der Waals surface area contributed by atoms with Gasteiger partial charge < -0.3 is 5.73 Å². The molecule has 23 heavy (non-hydrogen) atoms. The van der Waals surface area contributed by atoms with Crippen LogP contribution in [0.4, 0.5) is 10.3 Å². The van der Waals surface area contributed by atoms with E-state index in [0.717, 1.165) is 11.0 Å². The summed E-state index contributed by atoms with van der Waals surface area (Å²) in [6.45, 7) is 1.60. The molecule has 1 amide bonds. The van der Waals surface area contributed by atoms with Crippen LogP contribution in [0.3, 0.4) is 0 Å². The number of amides is 1. The number of rotatable bonds is 3. The molecule has 2 aromatic carbocycles. The molecule has 0 saturated heterocycles. The Morgan fingerprint density at radius 1 is 1.22 bits per heavy atom. The summed E-state index contributed by atoms with van der Waals surface area (Å²) in [6, 6.07) is 12.8. The van der Waals surface area contributed by atoms with Crippen molar-refractivity contribution in [2.24, 2.45) is 5.73 Å². The third-order valence-electron chi connectivity index (χ3n) is 3.29. The quantitative estimate of drug-likeness (QED) is 0.773. The average Bonchev–Trinajstić information content (AvgIpc) is 2.86. The fourth-order valence-electron chi connectivity index (χ4n) is 2.19. The van der Waals surface area contributed by atoms with Gasteiger partial charge in [-0.3, -0.25) is 14.7 Å². The number of nitrogens with zero attached hydrogens (tertiary/aromatic N) is 2. The molecule has 120 valence electrons. The third kappa shape index (κ3) is 3.33. The second kappa shape index (κ2) is 6.76. The van der Waals surface area contributed by atoms with Crippen molar-refractivity contribution in [1.29, 1.82) is 0 Å². The number of imidazole rings is 1. The van der Waals surface area contributed by atoms with Crippen molar-refractivity contribution in [3.63, 3.8) is 0 Å². The van der Waals surface area contributed by atoms with E-state index in [1.807, 2.05) is 24.3 Å². The molecule has 0 aliphatic carbocycles.